The van der Waals surface area contributed by atoms with E-state index in [1.807, 2.05) is 0 Å². The minimum atomic E-state index is -0.154. The molecule has 6 nitrogen and oxygen atoms in total. The number of amides is 1. The van der Waals surface area contributed by atoms with E-state index in [4.69, 9.17) is 9.47 Å². The summed E-state index contributed by atoms with van der Waals surface area (Å²) in [4.78, 5) is 11.3. The van der Waals surface area contributed by atoms with Gasteiger partial charge in [-0.3, -0.25) is 9.89 Å². The molecule has 1 aromatic heterocycles. The lowest BCUT2D eigenvalue weighted by molar-refractivity contribution is 0.0693. The summed E-state index contributed by atoms with van der Waals surface area (Å²) in [5.41, 5.74) is 0.520. The van der Waals surface area contributed by atoms with E-state index in [0.29, 0.717) is 31.9 Å². The van der Waals surface area contributed by atoms with Gasteiger partial charge in [0.15, 0.2) is 0 Å². The highest BCUT2D eigenvalue weighted by Crippen LogP contribution is 1.91. The van der Waals surface area contributed by atoms with E-state index in [9.17, 15) is 4.79 Å². The predicted molar refractivity (Wildman–Crippen MR) is 53.6 cm³/mol. The van der Waals surface area contributed by atoms with Crippen LogP contribution in [0.25, 0.3) is 0 Å². The highest BCUT2D eigenvalue weighted by Gasteiger charge is 2.04. The average molecular weight is 213 g/mol. The van der Waals surface area contributed by atoms with Gasteiger partial charge in [0.25, 0.3) is 5.91 Å². The van der Waals surface area contributed by atoms with E-state index in [1.54, 1.807) is 13.3 Å². The number of ether oxygens (including phenoxy) is 2. The van der Waals surface area contributed by atoms with Crippen LogP contribution >= 0.6 is 0 Å². The van der Waals surface area contributed by atoms with Crippen LogP contribution in [0.2, 0.25) is 0 Å². The zero-order valence-electron chi connectivity index (χ0n) is 8.66. The van der Waals surface area contributed by atoms with Crippen molar-refractivity contribution < 1.29 is 14.3 Å². The van der Waals surface area contributed by atoms with Gasteiger partial charge in [0.1, 0.15) is 0 Å². The van der Waals surface area contributed by atoms with E-state index >= 15 is 0 Å². The smallest absolute Gasteiger partial charge is 0.254 e. The average Bonchev–Trinajstić information content (AvgIpc) is 2.76. The summed E-state index contributed by atoms with van der Waals surface area (Å²) in [5.74, 6) is -0.154. The zero-order valence-corrected chi connectivity index (χ0v) is 8.66. The molecule has 0 aliphatic carbocycles. The van der Waals surface area contributed by atoms with Crippen LogP contribution in [0, 0.1) is 0 Å². The first-order chi connectivity index (χ1) is 7.34. The molecule has 0 saturated carbocycles. The van der Waals surface area contributed by atoms with Crippen molar-refractivity contribution in [3.63, 3.8) is 0 Å². The van der Waals surface area contributed by atoms with Crippen molar-refractivity contribution in [1.82, 2.24) is 15.5 Å². The number of aromatic nitrogens is 2. The molecule has 0 spiro atoms. The number of aromatic amines is 1. The van der Waals surface area contributed by atoms with Gasteiger partial charge in [-0.25, -0.2) is 0 Å². The molecule has 1 rings (SSSR count). The summed E-state index contributed by atoms with van der Waals surface area (Å²) in [6.45, 7) is 2.06. The molecule has 0 bridgehead atoms. The maximum absolute atomic E-state index is 11.3. The number of carbonyl (C=O) groups is 1. The number of carbonyl (C=O) groups excluding carboxylic acids is 1. The highest BCUT2D eigenvalue weighted by atomic mass is 16.5. The fourth-order valence-electron chi connectivity index (χ4n) is 0.958. The van der Waals surface area contributed by atoms with Crippen molar-refractivity contribution >= 4 is 5.91 Å². The summed E-state index contributed by atoms with van der Waals surface area (Å²) >= 11 is 0. The number of rotatable bonds is 7. The standard InChI is InChI=1S/C9H15N3O3/c1-14-4-5-15-3-2-10-9(13)8-6-11-12-7-8/h6-7H,2-5H2,1H3,(H,10,13)(H,11,12). The van der Waals surface area contributed by atoms with Gasteiger partial charge in [-0.1, -0.05) is 0 Å². The van der Waals surface area contributed by atoms with Crippen LogP contribution in [0.15, 0.2) is 12.4 Å². The summed E-state index contributed by atoms with van der Waals surface area (Å²) in [6.07, 6.45) is 3.02. The maximum Gasteiger partial charge on any atom is 0.254 e. The van der Waals surface area contributed by atoms with Crippen LogP contribution in [-0.4, -0.2) is 49.6 Å². The minimum absolute atomic E-state index is 0.154. The molecule has 6 heteroatoms. The van der Waals surface area contributed by atoms with E-state index < -0.39 is 0 Å². The Hall–Kier alpha value is -1.40. The third-order valence-electron chi connectivity index (χ3n) is 1.72. The fourth-order valence-corrected chi connectivity index (χ4v) is 0.958. The van der Waals surface area contributed by atoms with Crippen molar-refractivity contribution in [2.24, 2.45) is 0 Å². The Kier molecular flexibility index (Phi) is 5.42. The highest BCUT2D eigenvalue weighted by molar-refractivity contribution is 5.93. The van der Waals surface area contributed by atoms with Crippen LogP contribution in [0.1, 0.15) is 10.4 Å². The molecule has 0 radical (unpaired) electrons. The Balaban J connectivity index is 2.03. The minimum Gasteiger partial charge on any atom is -0.382 e. The molecule has 15 heavy (non-hydrogen) atoms. The van der Waals surface area contributed by atoms with Gasteiger partial charge in [0.05, 0.1) is 31.6 Å². The molecule has 2 N–H and O–H groups in total. The Bertz CT molecular complexity index is 274. The third kappa shape index (κ3) is 4.57. The molecule has 1 aromatic rings. The lowest BCUT2D eigenvalue weighted by Gasteiger charge is -2.04. The van der Waals surface area contributed by atoms with Crippen LogP contribution in [0.5, 0.6) is 0 Å². The Morgan fingerprint density at radius 3 is 3.07 bits per heavy atom. The number of H-pyrrole nitrogens is 1. The second-order valence-electron chi connectivity index (χ2n) is 2.85. The number of nitrogens with zero attached hydrogens (tertiary/aromatic N) is 1. The first kappa shape index (κ1) is 11.7. The molecule has 1 heterocycles. The monoisotopic (exact) mass is 213 g/mol. The Morgan fingerprint density at radius 2 is 2.40 bits per heavy atom. The van der Waals surface area contributed by atoms with Gasteiger partial charge in [0.2, 0.25) is 0 Å². The van der Waals surface area contributed by atoms with E-state index in [0.717, 1.165) is 0 Å². The van der Waals surface area contributed by atoms with Gasteiger partial charge in [0, 0.05) is 19.9 Å². The molecular weight excluding hydrogens is 198 g/mol. The SMILES string of the molecule is COCCOCCNC(=O)c1cn[nH]c1. The number of hydrogen-bond acceptors (Lipinski definition) is 4. The lowest BCUT2D eigenvalue weighted by Crippen LogP contribution is -2.27. The molecule has 0 fully saturated rings. The summed E-state index contributed by atoms with van der Waals surface area (Å²) in [5, 5.41) is 8.95. The summed E-state index contributed by atoms with van der Waals surface area (Å²) < 4.78 is 9.98. The van der Waals surface area contributed by atoms with Crippen LogP contribution in [0.4, 0.5) is 0 Å². The van der Waals surface area contributed by atoms with E-state index in [1.165, 1.54) is 6.20 Å². The van der Waals surface area contributed by atoms with Crippen LogP contribution in [0.3, 0.4) is 0 Å². The van der Waals surface area contributed by atoms with Crippen LogP contribution in [-0.2, 0) is 9.47 Å². The van der Waals surface area contributed by atoms with Crippen molar-refractivity contribution in [2.75, 3.05) is 33.5 Å². The van der Waals surface area contributed by atoms with Crippen molar-refractivity contribution in [2.45, 2.75) is 0 Å². The largest absolute Gasteiger partial charge is 0.382 e. The van der Waals surface area contributed by atoms with Gasteiger partial charge < -0.3 is 14.8 Å². The van der Waals surface area contributed by atoms with Crippen molar-refractivity contribution in [1.29, 1.82) is 0 Å². The topological polar surface area (TPSA) is 76.2 Å². The number of hydrogen-bond donors (Lipinski definition) is 2. The van der Waals surface area contributed by atoms with Crippen molar-refractivity contribution in [3.05, 3.63) is 18.0 Å². The van der Waals surface area contributed by atoms with Gasteiger partial charge in [-0.05, 0) is 0 Å². The third-order valence-corrected chi connectivity index (χ3v) is 1.72. The molecule has 0 atom stereocenters. The molecule has 1 amide bonds. The molecule has 84 valence electrons. The normalized spacial score (nSPS) is 10.2. The van der Waals surface area contributed by atoms with Gasteiger partial charge in [-0.15, -0.1) is 0 Å². The Labute approximate surface area is 88.0 Å². The molecule has 0 aliphatic rings. The van der Waals surface area contributed by atoms with Gasteiger partial charge in [-0.2, -0.15) is 5.10 Å². The first-order valence-electron chi connectivity index (χ1n) is 4.68. The summed E-state index contributed by atoms with van der Waals surface area (Å²) in [7, 11) is 1.62. The zero-order chi connectivity index (χ0) is 10.9. The molecule has 0 aliphatic heterocycles. The molecule has 0 unspecified atom stereocenters. The van der Waals surface area contributed by atoms with Crippen molar-refractivity contribution in [3.8, 4) is 0 Å². The first-order valence-corrected chi connectivity index (χ1v) is 4.68. The quantitative estimate of drug-likeness (QED) is 0.615. The van der Waals surface area contributed by atoms with E-state index in [-0.39, 0.29) is 5.91 Å². The maximum atomic E-state index is 11.3. The predicted octanol–water partition coefficient (Wildman–Crippen LogP) is -0.197. The van der Waals surface area contributed by atoms with Gasteiger partial charge >= 0.3 is 0 Å². The second kappa shape index (κ2) is 6.97. The number of methoxy groups -OCH3 is 1. The summed E-state index contributed by atoms with van der Waals surface area (Å²) in [6, 6.07) is 0. The fraction of sp³-hybridized carbons (Fsp3) is 0.556. The van der Waals surface area contributed by atoms with E-state index in [2.05, 4.69) is 15.5 Å². The number of nitrogens with one attached hydrogen (secondary N) is 2. The molecule has 0 saturated heterocycles. The molecular formula is C9H15N3O3. The second-order valence-corrected chi connectivity index (χ2v) is 2.85. The van der Waals surface area contributed by atoms with Crippen LogP contribution < -0.4 is 5.32 Å². The molecule has 0 aromatic carbocycles. The lowest BCUT2D eigenvalue weighted by atomic mass is 10.3. The Morgan fingerprint density at radius 1 is 1.53 bits per heavy atom.